The summed E-state index contributed by atoms with van der Waals surface area (Å²) >= 11 is 1.59. The summed E-state index contributed by atoms with van der Waals surface area (Å²) in [5.74, 6) is 0.204. The third-order valence-electron chi connectivity index (χ3n) is 4.70. The molecule has 1 spiro atoms. The summed E-state index contributed by atoms with van der Waals surface area (Å²) in [5.41, 5.74) is 1.05. The number of hydrogen-bond donors (Lipinski definition) is 0. The van der Waals surface area contributed by atoms with Gasteiger partial charge in [0, 0.05) is 30.6 Å². The lowest BCUT2D eigenvalue weighted by molar-refractivity contribution is 0.0367. The molecule has 0 aliphatic carbocycles. The third-order valence-corrected chi connectivity index (χ3v) is 5.38. The fourth-order valence-electron chi connectivity index (χ4n) is 3.75. The highest BCUT2D eigenvalue weighted by atomic mass is 32.1. The van der Waals surface area contributed by atoms with E-state index in [1.165, 1.54) is 19.3 Å². The van der Waals surface area contributed by atoms with Crippen molar-refractivity contribution in [3.05, 3.63) is 35.0 Å². The molecule has 1 atom stereocenters. The zero-order valence-electron chi connectivity index (χ0n) is 11.9. The lowest BCUT2D eigenvalue weighted by Gasteiger charge is -2.45. The van der Waals surface area contributed by atoms with Crippen molar-refractivity contribution in [1.82, 2.24) is 9.80 Å². The van der Waals surface area contributed by atoms with Crippen molar-refractivity contribution in [2.75, 3.05) is 26.2 Å². The van der Waals surface area contributed by atoms with E-state index in [2.05, 4.69) is 16.4 Å². The maximum atomic E-state index is 12.6. The fraction of sp³-hybridized carbons (Fsp3) is 0.562. The number of piperidine rings is 1. The largest absolute Gasteiger partial charge is 0.337 e. The van der Waals surface area contributed by atoms with E-state index in [1.807, 2.05) is 22.9 Å². The molecule has 3 nitrogen and oxygen atoms in total. The molecule has 0 bridgehead atoms. The van der Waals surface area contributed by atoms with Crippen LogP contribution in [0.1, 0.15) is 36.0 Å². The zero-order chi connectivity index (χ0) is 14.0. The highest BCUT2D eigenvalue weighted by Crippen LogP contribution is 2.37. The molecule has 2 saturated heterocycles. The number of carbonyl (C=O) groups excluding carboxylic acids is 1. The second-order valence-corrected chi connectivity index (χ2v) is 6.68. The number of hydrogen-bond acceptors (Lipinski definition) is 3. The van der Waals surface area contributed by atoms with Crippen LogP contribution < -0.4 is 0 Å². The molecule has 1 aromatic rings. The van der Waals surface area contributed by atoms with Crippen molar-refractivity contribution in [2.24, 2.45) is 0 Å². The summed E-state index contributed by atoms with van der Waals surface area (Å²) in [7, 11) is 0. The summed E-state index contributed by atoms with van der Waals surface area (Å²) in [6.07, 6.45) is 6.78. The summed E-state index contributed by atoms with van der Waals surface area (Å²) in [5, 5.41) is 3.94. The number of carbonyl (C=O) groups is 1. The Morgan fingerprint density at radius 1 is 1.40 bits per heavy atom. The maximum Gasteiger partial charge on any atom is 0.254 e. The van der Waals surface area contributed by atoms with Gasteiger partial charge in [-0.05, 0) is 43.7 Å². The standard InChI is InChI=1S/C16H22N2OS/c1-2-8-18-10-4-7-16(18)6-3-9-17(13-16)15(19)14-5-11-20-12-14/h2,5,11-12H,1,3-4,6-10,13H2/t16-/m1/s1. The van der Waals surface area contributed by atoms with Crippen molar-refractivity contribution in [2.45, 2.75) is 31.2 Å². The van der Waals surface area contributed by atoms with Gasteiger partial charge in [-0.2, -0.15) is 11.3 Å². The number of amides is 1. The first-order valence-corrected chi connectivity index (χ1v) is 8.37. The topological polar surface area (TPSA) is 23.6 Å². The highest BCUT2D eigenvalue weighted by molar-refractivity contribution is 7.08. The minimum atomic E-state index is 0.204. The Kier molecular flexibility index (Phi) is 3.94. The predicted octanol–water partition coefficient (Wildman–Crippen LogP) is 3.00. The Morgan fingerprint density at radius 3 is 2.90 bits per heavy atom. The molecule has 4 heteroatoms. The Balaban J connectivity index is 1.76. The monoisotopic (exact) mass is 290 g/mol. The molecule has 20 heavy (non-hydrogen) atoms. The molecule has 0 saturated carbocycles. The van der Waals surface area contributed by atoms with Gasteiger partial charge in [-0.25, -0.2) is 0 Å². The smallest absolute Gasteiger partial charge is 0.254 e. The van der Waals surface area contributed by atoms with Gasteiger partial charge in [-0.3, -0.25) is 9.69 Å². The minimum Gasteiger partial charge on any atom is -0.337 e. The molecule has 2 aliphatic rings. The molecule has 2 fully saturated rings. The van der Waals surface area contributed by atoms with Gasteiger partial charge in [0.2, 0.25) is 0 Å². The van der Waals surface area contributed by atoms with Crippen LogP contribution in [-0.4, -0.2) is 47.4 Å². The summed E-state index contributed by atoms with van der Waals surface area (Å²) in [6, 6.07) is 1.93. The Hall–Kier alpha value is -1.13. The van der Waals surface area contributed by atoms with Crippen molar-refractivity contribution < 1.29 is 4.79 Å². The number of likely N-dealkylation sites (tertiary alicyclic amines) is 2. The molecule has 3 rings (SSSR count). The van der Waals surface area contributed by atoms with Gasteiger partial charge >= 0.3 is 0 Å². The summed E-state index contributed by atoms with van der Waals surface area (Å²) in [6.45, 7) is 7.75. The predicted molar refractivity (Wildman–Crippen MR) is 83.2 cm³/mol. The van der Waals surface area contributed by atoms with Crippen LogP contribution in [0, 0.1) is 0 Å². The van der Waals surface area contributed by atoms with Crippen LogP contribution in [0.15, 0.2) is 29.5 Å². The van der Waals surface area contributed by atoms with Crippen LogP contribution in [-0.2, 0) is 0 Å². The molecular weight excluding hydrogens is 268 g/mol. The van der Waals surface area contributed by atoms with E-state index in [-0.39, 0.29) is 11.4 Å². The number of thiophene rings is 1. The van der Waals surface area contributed by atoms with E-state index in [4.69, 9.17) is 0 Å². The normalized spacial score (nSPS) is 27.1. The van der Waals surface area contributed by atoms with Crippen LogP contribution in [0.3, 0.4) is 0 Å². The average Bonchev–Trinajstić information content (AvgIpc) is 3.10. The molecule has 3 heterocycles. The van der Waals surface area contributed by atoms with Gasteiger partial charge < -0.3 is 4.90 Å². The van der Waals surface area contributed by atoms with Gasteiger partial charge in [0.15, 0.2) is 0 Å². The first kappa shape index (κ1) is 13.8. The van der Waals surface area contributed by atoms with Crippen molar-refractivity contribution in [3.8, 4) is 0 Å². The maximum absolute atomic E-state index is 12.6. The van der Waals surface area contributed by atoms with E-state index in [0.717, 1.165) is 38.2 Å². The lowest BCUT2D eigenvalue weighted by Crippen LogP contribution is -2.56. The molecule has 0 unspecified atom stereocenters. The van der Waals surface area contributed by atoms with Crippen LogP contribution in [0.2, 0.25) is 0 Å². The van der Waals surface area contributed by atoms with Crippen molar-refractivity contribution in [3.63, 3.8) is 0 Å². The fourth-order valence-corrected chi connectivity index (χ4v) is 4.38. The number of rotatable bonds is 3. The number of nitrogens with zero attached hydrogens (tertiary/aromatic N) is 2. The Bertz CT molecular complexity index is 485. The average molecular weight is 290 g/mol. The van der Waals surface area contributed by atoms with Gasteiger partial charge in [0.05, 0.1) is 5.56 Å². The highest BCUT2D eigenvalue weighted by Gasteiger charge is 2.44. The van der Waals surface area contributed by atoms with Gasteiger partial charge in [-0.15, -0.1) is 6.58 Å². The van der Waals surface area contributed by atoms with E-state index >= 15 is 0 Å². The second kappa shape index (κ2) is 5.70. The van der Waals surface area contributed by atoms with E-state index in [1.54, 1.807) is 11.3 Å². The molecule has 1 aromatic heterocycles. The molecule has 1 amide bonds. The Morgan fingerprint density at radius 2 is 2.20 bits per heavy atom. The van der Waals surface area contributed by atoms with Gasteiger partial charge in [-0.1, -0.05) is 6.08 Å². The first-order chi connectivity index (χ1) is 9.75. The van der Waals surface area contributed by atoms with Crippen molar-refractivity contribution in [1.29, 1.82) is 0 Å². The Labute approximate surface area is 124 Å². The lowest BCUT2D eigenvalue weighted by atomic mass is 9.86. The molecule has 0 radical (unpaired) electrons. The zero-order valence-corrected chi connectivity index (χ0v) is 12.7. The van der Waals surface area contributed by atoms with E-state index in [0.29, 0.717) is 0 Å². The SMILES string of the molecule is C=CCN1CCC[C@@]12CCCN(C(=O)c1ccsc1)C2. The quantitative estimate of drug-likeness (QED) is 0.799. The van der Waals surface area contributed by atoms with Crippen LogP contribution in [0.4, 0.5) is 0 Å². The van der Waals surface area contributed by atoms with E-state index in [9.17, 15) is 4.79 Å². The molecular formula is C16H22N2OS. The van der Waals surface area contributed by atoms with E-state index < -0.39 is 0 Å². The molecule has 0 aromatic carbocycles. The van der Waals surface area contributed by atoms with Gasteiger partial charge in [0.1, 0.15) is 0 Å². The molecule has 2 aliphatic heterocycles. The van der Waals surface area contributed by atoms with Crippen LogP contribution in [0.25, 0.3) is 0 Å². The van der Waals surface area contributed by atoms with Crippen LogP contribution in [0.5, 0.6) is 0 Å². The van der Waals surface area contributed by atoms with Crippen molar-refractivity contribution >= 4 is 17.2 Å². The van der Waals surface area contributed by atoms with Gasteiger partial charge in [0.25, 0.3) is 5.91 Å². The minimum absolute atomic E-state index is 0.204. The first-order valence-electron chi connectivity index (χ1n) is 7.43. The molecule has 108 valence electrons. The van der Waals surface area contributed by atoms with Crippen LogP contribution >= 0.6 is 11.3 Å². The summed E-state index contributed by atoms with van der Waals surface area (Å²) in [4.78, 5) is 17.2. The summed E-state index contributed by atoms with van der Waals surface area (Å²) < 4.78 is 0. The third kappa shape index (κ3) is 2.42. The second-order valence-electron chi connectivity index (χ2n) is 5.90. The molecule has 0 N–H and O–H groups in total.